The zero-order valence-electron chi connectivity index (χ0n) is 11.5. The fraction of sp³-hybridized carbons (Fsp3) is 0.500. The van der Waals surface area contributed by atoms with Gasteiger partial charge in [0.25, 0.3) is 0 Å². The maximum Gasteiger partial charge on any atom is 0.416 e. The first-order valence-electron chi connectivity index (χ1n) is 6.71. The van der Waals surface area contributed by atoms with Gasteiger partial charge >= 0.3 is 12.3 Å². The molecule has 1 aliphatic heterocycles. The molecule has 0 radical (unpaired) electrons. The third-order valence-corrected chi connectivity index (χ3v) is 3.85. The van der Waals surface area contributed by atoms with Crippen LogP contribution in [0.4, 0.5) is 26.7 Å². The Bertz CT molecular complexity index is 542. The van der Waals surface area contributed by atoms with E-state index in [9.17, 15) is 26.7 Å². The topological polar surface area (TPSA) is 40.5 Å². The molecular formula is C14H14F5NO2. The zero-order chi connectivity index (χ0) is 16.5. The predicted molar refractivity (Wildman–Crippen MR) is 67.4 cm³/mol. The molecule has 1 saturated heterocycles. The molecule has 0 unspecified atom stereocenters. The van der Waals surface area contributed by atoms with Crippen LogP contribution >= 0.6 is 0 Å². The van der Waals surface area contributed by atoms with Gasteiger partial charge in [0.2, 0.25) is 0 Å². The molecule has 1 fully saturated rings. The molecule has 1 heterocycles. The van der Waals surface area contributed by atoms with E-state index in [0.29, 0.717) is 25.0 Å². The predicted octanol–water partition coefficient (Wildman–Crippen LogP) is 3.92. The molecule has 0 aromatic heterocycles. The number of amides is 1. The second-order valence-electron chi connectivity index (χ2n) is 5.33. The van der Waals surface area contributed by atoms with Gasteiger partial charge in [-0.25, -0.2) is 13.6 Å². The first-order valence-corrected chi connectivity index (χ1v) is 6.71. The van der Waals surface area contributed by atoms with Crippen molar-refractivity contribution >= 4 is 6.09 Å². The summed E-state index contributed by atoms with van der Waals surface area (Å²) in [6.07, 6.45) is -5.04. The SMILES string of the molecule is O=C(O)N1CCC(Cc2c(F)cc(C(F)(F)F)cc2F)CC1. The van der Waals surface area contributed by atoms with Gasteiger partial charge in [0.05, 0.1) is 5.56 Å². The number of piperidine rings is 1. The number of alkyl halides is 3. The first kappa shape index (κ1) is 16.5. The van der Waals surface area contributed by atoms with Crippen LogP contribution < -0.4 is 0 Å². The highest BCUT2D eigenvalue weighted by Crippen LogP contribution is 2.33. The maximum absolute atomic E-state index is 13.8. The molecule has 1 N–H and O–H groups in total. The third kappa shape index (κ3) is 3.66. The molecular weight excluding hydrogens is 309 g/mol. The lowest BCUT2D eigenvalue weighted by Crippen LogP contribution is -2.38. The fourth-order valence-electron chi connectivity index (χ4n) is 2.58. The van der Waals surface area contributed by atoms with Crippen LogP contribution in [0.15, 0.2) is 12.1 Å². The monoisotopic (exact) mass is 323 g/mol. The average molecular weight is 323 g/mol. The lowest BCUT2D eigenvalue weighted by molar-refractivity contribution is -0.138. The number of rotatable bonds is 2. The van der Waals surface area contributed by atoms with Crippen molar-refractivity contribution in [3.05, 3.63) is 34.9 Å². The molecule has 0 bridgehead atoms. The lowest BCUT2D eigenvalue weighted by Gasteiger charge is -2.30. The van der Waals surface area contributed by atoms with Gasteiger partial charge in [-0.05, 0) is 37.3 Å². The maximum atomic E-state index is 13.8. The minimum atomic E-state index is -4.80. The summed E-state index contributed by atoms with van der Waals surface area (Å²) < 4.78 is 64.9. The highest BCUT2D eigenvalue weighted by atomic mass is 19.4. The molecule has 122 valence electrons. The highest BCUT2D eigenvalue weighted by molar-refractivity contribution is 5.64. The summed E-state index contributed by atoms with van der Waals surface area (Å²) in [5, 5.41) is 8.81. The smallest absolute Gasteiger partial charge is 0.416 e. The van der Waals surface area contributed by atoms with E-state index in [1.807, 2.05) is 0 Å². The quantitative estimate of drug-likeness (QED) is 0.838. The van der Waals surface area contributed by atoms with Crippen molar-refractivity contribution in [3.63, 3.8) is 0 Å². The number of benzene rings is 1. The van der Waals surface area contributed by atoms with Crippen molar-refractivity contribution in [2.24, 2.45) is 5.92 Å². The summed E-state index contributed by atoms with van der Waals surface area (Å²) in [7, 11) is 0. The summed E-state index contributed by atoms with van der Waals surface area (Å²) >= 11 is 0. The van der Waals surface area contributed by atoms with Gasteiger partial charge in [-0.1, -0.05) is 0 Å². The van der Waals surface area contributed by atoms with E-state index < -0.39 is 29.5 Å². The van der Waals surface area contributed by atoms with Gasteiger partial charge in [-0.3, -0.25) is 0 Å². The standard InChI is InChI=1S/C14H14F5NO2/c15-11-6-9(14(17,18)19)7-12(16)10(11)5-8-1-3-20(4-2-8)13(21)22/h6-8H,1-5H2,(H,21,22). The van der Waals surface area contributed by atoms with Crippen molar-refractivity contribution in [2.75, 3.05) is 13.1 Å². The Morgan fingerprint density at radius 2 is 1.68 bits per heavy atom. The Morgan fingerprint density at radius 1 is 1.18 bits per heavy atom. The molecule has 1 aromatic rings. The Balaban J connectivity index is 2.10. The average Bonchev–Trinajstić information content (AvgIpc) is 2.42. The molecule has 1 aliphatic rings. The minimum Gasteiger partial charge on any atom is -0.465 e. The van der Waals surface area contributed by atoms with Crippen molar-refractivity contribution in [2.45, 2.75) is 25.4 Å². The Morgan fingerprint density at radius 3 is 2.09 bits per heavy atom. The Hall–Kier alpha value is -1.86. The van der Waals surface area contributed by atoms with Crippen LogP contribution in [0.25, 0.3) is 0 Å². The summed E-state index contributed by atoms with van der Waals surface area (Å²) in [6.45, 7) is 0.508. The molecule has 0 atom stereocenters. The summed E-state index contributed by atoms with van der Waals surface area (Å²) in [5.74, 6) is -2.59. The van der Waals surface area contributed by atoms with Crippen LogP contribution in [-0.4, -0.2) is 29.2 Å². The van der Waals surface area contributed by atoms with E-state index in [0.717, 1.165) is 0 Å². The van der Waals surface area contributed by atoms with Crippen LogP contribution in [0.5, 0.6) is 0 Å². The van der Waals surface area contributed by atoms with E-state index in [-0.39, 0.29) is 31.0 Å². The molecule has 2 rings (SSSR count). The van der Waals surface area contributed by atoms with Crippen LogP contribution in [0.3, 0.4) is 0 Å². The number of hydrogen-bond donors (Lipinski definition) is 1. The zero-order valence-corrected chi connectivity index (χ0v) is 11.5. The second-order valence-corrected chi connectivity index (χ2v) is 5.33. The van der Waals surface area contributed by atoms with Crippen LogP contribution in [-0.2, 0) is 12.6 Å². The van der Waals surface area contributed by atoms with Gasteiger partial charge in [-0.2, -0.15) is 13.2 Å². The molecule has 0 spiro atoms. The first-order chi connectivity index (χ1) is 10.2. The van der Waals surface area contributed by atoms with Gasteiger partial charge in [0, 0.05) is 18.7 Å². The van der Waals surface area contributed by atoms with E-state index in [1.165, 1.54) is 4.90 Å². The molecule has 1 aromatic carbocycles. The normalized spacial score (nSPS) is 16.9. The molecule has 0 aliphatic carbocycles. The van der Waals surface area contributed by atoms with Crippen LogP contribution in [0.2, 0.25) is 0 Å². The van der Waals surface area contributed by atoms with Gasteiger partial charge < -0.3 is 10.0 Å². The van der Waals surface area contributed by atoms with Crippen LogP contribution in [0.1, 0.15) is 24.0 Å². The summed E-state index contributed by atoms with van der Waals surface area (Å²) in [5.41, 5.74) is -1.73. The van der Waals surface area contributed by atoms with E-state index in [1.54, 1.807) is 0 Å². The number of nitrogens with zero attached hydrogens (tertiary/aromatic N) is 1. The van der Waals surface area contributed by atoms with E-state index in [2.05, 4.69) is 0 Å². The minimum absolute atomic E-state index is 0.0384. The number of hydrogen-bond acceptors (Lipinski definition) is 1. The molecule has 0 saturated carbocycles. The molecule has 22 heavy (non-hydrogen) atoms. The molecule has 8 heteroatoms. The largest absolute Gasteiger partial charge is 0.465 e. The number of likely N-dealkylation sites (tertiary alicyclic amines) is 1. The third-order valence-electron chi connectivity index (χ3n) is 3.85. The van der Waals surface area contributed by atoms with Crippen molar-refractivity contribution in [1.82, 2.24) is 4.90 Å². The number of carboxylic acid groups (broad SMARTS) is 1. The van der Waals surface area contributed by atoms with Gasteiger partial charge in [0.15, 0.2) is 0 Å². The molecule has 3 nitrogen and oxygen atoms in total. The van der Waals surface area contributed by atoms with Crippen LogP contribution in [0, 0.1) is 17.6 Å². The number of carbonyl (C=O) groups is 1. The van der Waals surface area contributed by atoms with Gasteiger partial charge in [0.1, 0.15) is 11.6 Å². The van der Waals surface area contributed by atoms with Crippen molar-refractivity contribution in [1.29, 1.82) is 0 Å². The van der Waals surface area contributed by atoms with E-state index in [4.69, 9.17) is 5.11 Å². The Kier molecular flexibility index (Phi) is 4.58. The van der Waals surface area contributed by atoms with E-state index >= 15 is 0 Å². The number of halogens is 5. The highest BCUT2D eigenvalue weighted by Gasteiger charge is 2.33. The van der Waals surface area contributed by atoms with Crippen molar-refractivity contribution < 1.29 is 31.9 Å². The summed E-state index contributed by atoms with van der Waals surface area (Å²) in [4.78, 5) is 12.0. The lowest BCUT2D eigenvalue weighted by atomic mass is 9.89. The fourth-order valence-corrected chi connectivity index (χ4v) is 2.58. The second kappa shape index (κ2) is 6.10. The van der Waals surface area contributed by atoms with Gasteiger partial charge in [-0.15, -0.1) is 0 Å². The summed E-state index contributed by atoms with van der Waals surface area (Å²) in [6, 6.07) is 0.593. The molecule has 1 amide bonds. The van der Waals surface area contributed by atoms with Crippen molar-refractivity contribution in [3.8, 4) is 0 Å². The Labute approximate surface area is 123 Å².